The van der Waals surface area contributed by atoms with Crippen molar-refractivity contribution in [1.82, 2.24) is 4.31 Å². The molecule has 0 amide bonds. The first kappa shape index (κ1) is 14.6. The summed E-state index contributed by atoms with van der Waals surface area (Å²) in [5.74, 6) is 0. The molecule has 1 aromatic heterocycles. The Hall–Kier alpha value is -0.510. The van der Waals surface area contributed by atoms with Gasteiger partial charge in [-0.05, 0) is 12.1 Å². The van der Waals surface area contributed by atoms with Crippen LogP contribution in [-0.4, -0.2) is 34.2 Å². The van der Waals surface area contributed by atoms with Gasteiger partial charge in [-0.1, -0.05) is 17.7 Å². The van der Waals surface area contributed by atoms with Crippen LogP contribution in [0.25, 0.3) is 0 Å². The average molecular weight is 301 g/mol. The van der Waals surface area contributed by atoms with Gasteiger partial charge in [0.2, 0.25) is 0 Å². The summed E-state index contributed by atoms with van der Waals surface area (Å²) >= 11 is 0.413. The number of rotatable bonds is 5. The highest BCUT2D eigenvalue weighted by Crippen LogP contribution is 2.28. The van der Waals surface area contributed by atoms with E-state index in [1.54, 1.807) is 13.8 Å². The van der Waals surface area contributed by atoms with Crippen LogP contribution in [-0.2, 0) is 20.2 Å². The normalized spacial score (nSPS) is 13.2. The highest BCUT2D eigenvalue weighted by molar-refractivity contribution is 7.92. The van der Waals surface area contributed by atoms with Crippen LogP contribution in [0.3, 0.4) is 0 Å². The van der Waals surface area contributed by atoms with Crippen molar-refractivity contribution in [3.05, 3.63) is 12.1 Å². The molecule has 0 spiro atoms. The standard InChI is InChI=1S/C8H12FNO4S3/c1-3-10(4-2)17(13,14)8-6-5-7(15-8)16(9,11)12/h5-6H,3-4H2,1-2H3. The average Bonchev–Trinajstić information content (AvgIpc) is 2.67. The van der Waals surface area contributed by atoms with Gasteiger partial charge in [-0.3, -0.25) is 0 Å². The maximum Gasteiger partial charge on any atom is 0.341 e. The lowest BCUT2D eigenvalue weighted by atomic mass is 10.7. The van der Waals surface area contributed by atoms with Crippen molar-refractivity contribution >= 4 is 31.6 Å². The fourth-order valence-corrected chi connectivity index (χ4v) is 4.97. The number of hydrogen-bond acceptors (Lipinski definition) is 5. The van der Waals surface area contributed by atoms with Crippen LogP contribution in [0.5, 0.6) is 0 Å². The van der Waals surface area contributed by atoms with Gasteiger partial charge >= 0.3 is 10.2 Å². The van der Waals surface area contributed by atoms with Crippen molar-refractivity contribution < 1.29 is 20.7 Å². The summed E-state index contributed by atoms with van der Waals surface area (Å²) in [6.07, 6.45) is 0. The Bertz CT molecular complexity index is 586. The topological polar surface area (TPSA) is 71.5 Å². The Balaban J connectivity index is 3.23. The van der Waals surface area contributed by atoms with Crippen LogP contribution >= 0.6 is 11.3 Å². The summed E-state index contributed by atoms with van der Waals surface area (Å²) in [6, 6.07) is 2.06. The largest absolute Gasteiger partial charge is 0.341 e. The van der Waals surface area contributed by atoms with Crippen molar-refractivity contribution in [3.63, 3.8) is 0 Å². The van der Waals surface area contributed by atoms with Crippen LogP contribution in [0.15, 0.2) is 20.6 Å². The lowest BCUT2D eigenvalue weighted by molar-refractivity contribution is 0.447. The van der Waals surface area contributed by atoms with Gasteiger partial charge in [-0.15, -0.1) is 11.3 Å². The van der Waals surface area contributed by atoms with Gasteiger partial charge in [0.25, 0.3) is 10.0 Å². The Morgan fingerprint density at radius 2 is 1.59 bits per heavy atom. The molecular weight excluding hydrogens is 289 g/mol. The Kier molecular flexibility index (Phi) is 4.28. The van der Waals surface area contributed by atoms with Gasteiger partial charge in [-0.25, -0.2) is 8.42 Å². The zero-order valence-electron chi connectivity index (χ0n) is 9.25. The zero-order valence-corrected chi connectivity index (χ0v) is 11.7. The van der Waals surface area contributed by atoms with E-state index in [4.69, 9.17) is 0 Å². The van der Waals surface area contributed by atoms with E-state index in [1.807, 2.05) is 0 Å². The lowest BCUT2D eigenvalue weighted by Gasteiger charge is -2.16. The zero-order chi connectivity index (χ0) is 13.3. The molecule has 0 aliphatic carbocycles. The Morgan fingerprint density at radius 1 is 1.12 bits per heavy atom. The third-order valence-electron chi connectivity index (χ3n) is 2.10. The summed E-state index contributed by atoms with van der Waals surface area (Å²) < 4.78 is 58.2. The predicted octanol–water partition coefficient (Wildman–Crippen LogP) is 1.44. The summed E-state index contributed by atoms with van der Waals surface area (Å²) in [5.41, 5.74) is 0. The maximum atomic E-state index is 12.7. The van der Waals surface area contributed by atoms with E-state index < -0.39 is 24.5 Å². The van der Waals surface area contributed by atoms with Gasteiger partial charge in [0.15, 0.2) is 4.21 Å². The van der Waals surface area contributed by atoms with Crippen molar-refractivity contribution in [2.75, 3.05) is 13.1 Å². The molecule has 1 heterocycles. The number of thiophene rings is 1. The van der Waals surface area contributed by atoms with Crippen LogP contribution < -0.4 is 0 Å². The van der Waals surface area contributed by atoms with Crippen LogP contribution in [0.4, 0.5) is 3.89 Å². The second kappa shape index (κ2) is 5.01. The Labute approximate surface area is 104 Å². The fraction of sp³-hybridized carbons (Fsp3) is 0.500. The summed E-state index contributed by atoms with van der Waals surface area (Å²) in [6.45, 7) is 3.88. The van der Waals surface area contributed by atoms with Crippen LogP contribution in [0.2, 0.25) is 0 Å². The fourth-order valence-electron chi connectivity index (χ4n) is 1.26. The summed E-state index contributed by atoms with van der Waals surface area (Å²) in [7, 11) is -8.57. The number of nitrogens with zero attached hydrogens (tertiary/aromatic N) is 1. The van der Waals surface area contributed by atoms with E-state index in [1.165, 1.54) is 4.31 Å². The molecule has 0 fully saturated rings. The molecule has 5 nitrogen and oxygen atoms in total. The molecule has 0 atom stereocenters. The van der Waals surface area contributed by atoms with Crippen molar-refractivity contribution in [2.24, 2.45) is 0 Å². The van der Waals surface area contributed by atoms with Crippen molar-refractivity contribution in [1.29, 1.82) is 0 Å². The quantitative estimate of drug-likeness (QED) is 0.771. The van der Waals surface area contributed by atoms with Gasteiger partial charge in [0, 0.05) is 13.1 Å². The highest BCUT2D eigenvalue weighted by Gasteiger charge is 2.26. The van der Waals surface area contributed by atoms with Crippen molar-refractivity contribution in [2.45, 2.75) is 22.3 Å². The minimum atomic E-state index is -4.85. The Morgan fingerprint density at radius 3 is 1.94 bits per heavy atom. The summed E-state index contributed by atoms with van der Waals surface area (Å²) in [5, 5.41) is 0. The molecule has 0 N–H and O–H groups in total. The molecule has 1 rings (SSSR count). The first-order chi connectivity index (χ1) is 7.73. The number of hydrogen-bond donors (Lipinski definition) is 0. The van der Waals surface area contributed by atoms with E-state index in [-0.39, 0.29) is 17.3 Å². The van der Waals surface area contributed by atoms with E-state index in [0.717, 1.165) is 12.1 Å². The molecule has 0 radical (unpaired) electrons. The second-order valence-electron chi connectivity index (χ2n) is 3.10. The van der Waals surface area contributed by atoms with E-state index in [0.29, 0.717) is 11.3 Å². The number of sulfonamides is 1. The van der Waals surface area contributed by atoms with E-state index in [2.05, 4.69) is 0 Å². The smallest absolute Gasteiger partial charge is 0.206 e. The molecule has 0 saturated heterocycles. The van der Waals surface area contributed by atoms with Crippen molar-refractivity contribution in [3.8, 4) is 0 Å². The molecule has 0 bridgehead atoms. The third-order valence-corrected chi connectivity index (χ3v) is 6.96. The van der Waals surface area contributed by atoms with E-state index in [9.17, 15) is 20.7 Å². The molecule has 17 heavy (non-hydrogen) atoms. The van der Waals surface area contributed by atoms with Gasteiger partial charge in [-0.2, -0.15) is 12.7 Å². The molecule has 0 saturated carbocycles. The maximum absolute atomic E-state index is 12.7. The molecule has 98 valence electrons. The number of halogens is 1. The first-order valence-corrected chi connectivity index (χ1v) is 8.42. The van der Waals surface area contributed by atoms with Gasteiger partial charge in [0.1, 0.15) is 4.21 Å². The minimum Gasteiger partial charge on any atom is -0.206 e. The van der Waals surface area contributed by atoms with Crippen LogP contribution in [0.1, 0.15) is 13.8 Å². The highest BCUT2D eigenvalue weighted by atomic mass is 32.3. The van der Waals surface area contributed by atoms with Crippen LogP contribution in [0, 0.1) is 0 Å². The monoisotopic (exact) mass is 301 g/mol. The SMILES string of the molecule is CCN(CC)S(=O)(=O)c1ccc(S(=O)(=O)F)s1. The first-order valence-electron chi connectivity index (χ1n) is 4.78. The molecule has 0 aliphatic heterocycles. The molecule has 0 aromatic carbocycles. The molecule has 0 unspecified atom stereocenters. The lowest BCUT2D eigenvalue weighted by Crippen LogP contribution is -2.29. The summed E-state index contributed by atoms with van der Waals surface area (Å²) in [4.78, 5) is 0. The van der Waals surface area contributed by atoms with Gasteiger partial charge < -0.3 is 0 Å². The third kappa shape index (κ3) is 3.03. The minimum absolute atomic E-state index is 0.169. The second-order valence-corrected chi connectivity index (χ2v) is 7.92. The predicted molar refractivity (Wildman–Crippen MR) is 62.7 cm³/mol. The molecule has 0 aliphatic rings. The molecule has 1 aromatic rings. The van der Waals surface area contributed by atoms with Gasteiger partial charge in [0.05, 0.1) is 0 Å². The molecular formula is C8H12FNO4S3. The van der Waals surface area contributed by atoms with E-state index >= 15 is 0 Å². The molecule has 9 heteroatoms.